The Morgan fingerprint density at radius 3 is 2.00 bits per heavy atom. The van der Waals surface area contributed by atoms with E-state index in [0.29, 0.717) is 17.4 Å². The average Bonchev–Trinajstić information content (AvgIpc) is 2.37. The summed E-state index contributed by atoms with van der Waals surface area (Å²) in [6.45, 7) is 7.07. The Hall–Kier alpha value is -0.0400. The van der Waals surface area contributed by atoms with Crippen LogP contribution in [0.1, 0.15) is 40.0 Å². The zero-order valence-corrected chi connectivity index (χ0v) is 7.28. The molecule has 0 bridgehead atoms. The Balaban J connectivity index is 2.50. The van der Waals surface area contributed by atoms with Gasteiger partial charge >= 0.3 is 0 Å². The summed E-state index contributed by atoms with van der Waals surface area (Å²) in [4.78, 5) is 0. The fraction of sp³-hybridized carbons (Fsp3) is 1.00. The van der Waals surface area contributed by atoms with Crippen molar-refractivity contribution in [3.63, 3.8) is 0 Å². The molecule has 1 aliphatic rings. The van der Waals surface area contributed by atoms with E-state index in [4.69, 9.17) is 5.11 Å². The first-order valence-electron chi connectivity index (χ1n) is 4.19. The summed E-state index contributed by atoms with van der Waals surface area (Å²) in [5.41, 5.74) is 0.708. The van der Waals surface area contributed by atoms with E-state index in [1.165, 1.54) is 19.3 Å². The average molecular weight is 142 g/mol. The summed E-state index contributed by atoms with van der Waals surface area (Å²) in [6.07, 6.45) is 3.60. The SMILES string of the molecule is CCCC1(CO)CC1(C)C. The molecular weight excluding hydrogens is 124 g/mol. The van der Waals surface area contributed by atoms with Gasteiger partial charge in [0.2, 0.25) is 0 Å². The first kappa shape index (κ1) is 8.06. The number of aliphatic hydroxyl groups is 1. The third-order valence-electron chi connectivity index (χ3n) is 3.12. The minimum atomic E-state index is 0.293. The lowest BCUT2D eigenvalue weighted by Gasteiger charge is -2.15. The number of rotatable bonds is 3. The molecule has 0 radical (unpaired) electrons. The third-order valence-corrected chi connectivity index (χ3v) is 3.12. The van der Waals surface area contributed by atoms with E-state index >= 15 is 0 Å². The first-order chi connectivity index (χ1) is 4.58. The number of hydrogen-bond acceptors (Lipinski definition) is 1. The van der Waals surface area contributed by atoms with Crippen LogP contribution in [0.15, 0.2) is 0 Å². The van der Waals surface area contributed by atoms with Gasteiger partial charge in [0.15, 0.2) is 0 Å². The second-order valence-electron chi connectivity index (χ2n) is 4.25. The molecule has 0 aromatic heterocycles. The van der Waals surface area contributed by atoms with E-state index in [-0.39, 0.29) is 0 Å². The molecule has 0 amide bonds. The van der Waals surface area contributed by atoms with Crippen molar-refractivity contribution < 1.29 is 5.11 Å². The Labute approximate surface area is 63.4 Å². The lowest BCUT2D eigenvalue weighted by Crippen LogP contribution is -2.13. The highest BCUT2D eigenvalue weighted by atomic mass is 16.3. The molecule has 10 heavy (non-hydrogen) atoms. The van der Waals surface area contributed by atoms with E-state index in [1.54, 1.807) is 0 Å². The Bertz CT molecular complexity index is 129. The van der Waals surface area contributed by atoms with Crippen molar-refractivity contribution in [2.24, 2.45) is 10.8 Å². The minimum Gasteiger partial charge on any atom is -0.396 e. The molecule has 1 aliphatic carbocycles. The lowest BCUT2D eigenvalue weighted by molar-refractivity contribution is 0.170. The van der Waals surface area contributed by atoms with Crippen molar-refractivity contribution in [2.45, 2.75) is 40.0 Å². The second-order valence-corrected chi connectivity index (χ2v) is 4.25. The van der Waals surface area contributed by atoms with Gasteiger partial charge in [0, 0.05) is 6.61 Å². The zero-order valence-electron chi connectivity index (χ0n) is 7.28. The summed E-state index contributed by atoms with van der Waals surface area (Å²) in [5, 5.41) is 9.12. The standard InChI is InChI=1S/C9H18O/c1-4-5-9(7-10)6-8(9,2)3/h10H,4-7H2,1-3H3. The summed E-state index contributed by atoms with van der Waals surface area (Å²) in [6, 6.07) is 0. The number of aliphatic hydroxyl groups excluding tert-OH is 1. The molecule has 0 aromatic rings. The maximum atomic E-state index is 9.12. The molecule has 1 heteroatoms. The predicted octanol–water partition coefficient (Wildman–Crippen LogP) is 2.20. The van der Waals surface area contributed by atoms with Gasteiger partial charge in [-0.2, -0.15) is 0 Å². The molecule has 1 nitrogen and oxygen atoms in total. The van der Waals surface area contributed by atoms with Gasteiger partial charge in [0.05, 0.1) is 0 Å². The Kier molecular flexibility index (Phi) is 1.80. The fourth-order valence-corrected chi connectivity index (χ4v) is 2.06. The summed E-state index contributed by atoms with van der Waals surface area (Å²) >= 11 is 0. The molecule has 1 fully saturated rings. The second kappa shape index (κ2) is 2.23. The van der Waals surface area contributed by atoms with Crippen LogP contribution in [0.4, 0.5) is 0 Å². The maximum absolute atomic E-state index is 9.12. The van der Waals surface area contributed by atoms with Crippen LogP contribution in [0.3, 0.4) is 0 Å². The molecule has 0 spiro atoms. The van der Waals surface area contributed by atoms with E-state index in [9.17, 15) is 0 Å². The largest absolute Gasteiger partial charge is 0.396 e. The van der Waals surface area contributed by atoms with Gasteiger partial charge in [0.25, 0.3) is 0 Å². The van der Waals surface area contributed by atoms with Gasteiger partial charge in [0.1, 0.15) is 0 Å². The van der Waals surface area contributed by atoms with Crippen LogP contribution in [0.5, 0.6) is 0 Å². The zero-order chi connectivity index (χ0) is 7.83. The summed E-state index contributed by atoms with van der Waals surface area (Å²) in [7, 11) is 0. The van der Waals surface area contributed by atoms with Crippen LogP contribution in [0.2, 0.25) is 0 Å². The smallest absolute Gasteiger partial charge is 0.0492 e. The van der Waals surface area contributed by atoms with Crippen molar-refractivity contribution >= 4 is 0 Å². The summed E-state index contributed by atoms with van der Waals surface area (Å²) < 4.78 is 0. The molecule has 0 aliphatic heterocycles. The molecule has 1 atom stereocenters. The molecule has 0 heterocycles. The van der Waals surface area contributed by atoms with Gasteiger partial charge in [-0.15, -0.1) is 0 Å². The van der Waals surface area contributed by atoms with E-state index < -0.39 is 0 Å². The molecule has 1 N–H and O–H groups in total. The molecular formula is C9H18O. The topological polar surface area (TPSA) is 20.2 Å². The van der Waals surface area contributed by atoms with Crippen LogP contribution in [-0.2, 0) is 0 Å². The van der Waals surface area contributed by atoms with Crippen LogP contribution in [0, 0.1) is 10.8 Å². The monoisotopic (exact) mass is 142 g/mol. The molecule has 60 valence electrons. The number of hydrogen-bond donors (Lipinski definition) is 1. The highest BCUT2D eigenvalue weighted by molar-refractivity contribution is 5.08. The molecule has 1 saturated carbocycles. The maximum Gasteiger partial charge on any atom is 0.0492 e. The highest BCUT2D eigenvalue weighted by Gasteiger charge is 2.59. The van der Waals surface area contributed by atoms with Gasteiger partial charge in [-0.3, -0.25) is 0 Å². The molecule has 0 saturated heterocycles. The van der Waals surface area contributed by atoms with E-state index in [1.807, 2.05) is 0 Å². The van der Waals surface area contributed by atoms with Crippen LogP contribution >= 0.6 is 0 Å². The normalized spacial score (nSPS) is 36.0. The van der Waals surface area contributed by atoms with Gasteiger partial charge in [-0.05, 0) is 23.7 Å². The predicted molar refractivity (Wildman–Crippen MR) is 42.8 cm³/mol. The van der Waals surface area contributed by atoms with Crippen LogP contribution < -0.4 is 0 Å². The molecule has 0 aromatic carbocycles. The summed E-state index contributed by atoms with van der Waals surface area (Å²) in [5.74, 6) is 0. The lowest BCUT2D eigenvalue weighted by atomic mass is 9.92. The first-order valence-corrected chi connectivity index (χ1v) is 4.19. The van der Waals surface area contributed by atoms with Crippen LogP contribution in [-0.4, -0.2) is 11.7 Å². The minimum absolute atomic E-state index is 0.293. The van der Waals surface area contributed by atoms with Gasteiger partial charge in [-0.1, -0.05) is 27.2 Å². The van der Waals surface area contributed by atoms with Crippen molar-refractivity contribution in [3.05, 3.63) is 0 Å². The molecule has 1 rings (SSSR count). The highest BCUT2D eigenvalue weighted by Crippen LogP contribution is 2.65. The van der Waals surface area contributed by atoms with E-state index in [2.05, 4.69) is 20.8 Å². The quantitative estimate of drug-likeness (QED) is 0.640. The van der Waals surface area contributed by atoms with Gasteiger partial charge < -0.3 is 5.11 Å². The van der Waals surface area contributed by atoms with E-state index in [0.717, 1.165) is 0 Å². The van der Waals surface area contributed by atoms with Gasteiger partial charge in [-0.25, -0.2) is 0 Å². The Morgan fingerprint density at radius 2 is 1.90 bits per heavy atom. The molecule has 1 unspecified atom stereocenters. The van der Waals surface area contributed by atoms with Crippen molar-refractivity contribution in [1.82, 2.24) is 0 Å². The Morgan fingerprint density at radius 1 is 1.40 bits per heavy atom. The van der Waals surface area contributed by atoms with Crippen molar-refractivity contribution in [1.29, 1.82) is 0 Å². The van der Waals surface area contributed by atoms with Crippen molar-refractivity contribution in [3.8, 4) is 0 Å². The van der Waals surface area contributed by atoms with Crippen molar-refractivity contribution in [2.75, 3.05) is 6.61 Å². The van der Waals surface area contributed by atoms with Crippen LogP contribution in [0.25, 0.3) is 0 Å². The fourth-order valence-electron chi connectivity index (χ4n) is 2.06. The third kappa shape index (κ3) is 0.968.